The van der Waals surface area contributed by atoms with E-state index in [0.717, 1.165) is 40.4 Å². The molecule has 0 saturated carbocycles. The van der Waals surface area contributed by atoms with Gasteiger partial charge < -0.3 is 4.90 Å². The highest BCUT2D eigenvalue weighted by molar-refractivity contribution is 9.10. The molecule has 2 heterocycles. The maximum Gasteiger partial charge on any atom is 0.253 e. The van der Waals surface area contributed by atoms with Crippen LogP contribution in [0.2, 0.25) is 0 Å². The van der Waals surface area contributed by atoms with Crippen molar-refractivity contribution in [1.29, 1.82) is 0 Å². The third kappa shape index (κ3) is 1.43. The van der Waals surface area contributed by atoms with Crippen molar-refractivity contribution in [3.63, 3.8) is 0 Å². The second-order valence-electron chi connectivity index (χ2n) is 3.94. The lowest BCUT2D eigenvalue weighted by Gasteiger charge is -2.30. The van der Waals surface area contributed by atoms with Crippen LogP contribution in [-0.4, -0.2) is 34.1 Å². The zero-order valence-electron chi connectivity index (χ0n) is 8.53. The van der Waals surface area contributed by atoms with E-state index in [2.05, 4.69) is 26.1 Å². The van der Waals surface area contributed by atoms with Crippen molar-refractivity contribution in [2.75, 3.05) is 13.1 Å². The van der Waals surface area contributed by atoms with Gasteiger partial charge in [0, 0.05) is 28.5 Å². The number of nitrogens with one attached hydrogen (secondary N) is 1. The van der Waals surface area contributed by atoms with E-state index >= 15 is 0 Å². The average molecular weight is 280 g/mol. The van der Waals surface area contributed by atoms with Crippen LogP contribution in [0, 0.1) is 0 Å². The fourth-order valence-electron chi connectivity index (χ4n) is 1.84. The number of benzene rings is 1. The summed E-state index contributed by atoms with van der Waals surface area (Å²) in [5.41, 5.74) is 1.65. The third-order valence-electron chi connectivity index (χ3n) is 2.89. The van der Waals surface area contributed by atoms with Crippen molar-refractivity contribution < 1.29 is 4.79 Å². The molecule has 1 amide bonds. The fourth-order valence-corrected chi connectivity index (χ4v) is 2.40. The molecule has 1 saturated heterocycles. The molecule has 0 atom stereocenters. The summed E-state index contributed by atoms with van der Waals surface area (Å²) >= 11 is 3.44. The Morgan fingerprint density at radius 3 is 2.94 bits per heavy atom. The summed E-state index contributed by atoms with van der Waals surface area (Å²) in [6, 6.07) is 3.73. The molecule has 0 spiro atoms. The number of carbonyl (C=O) groups is 1. The van der Waals surface area contributed by atoms with Crippen LogP contribution in [0.25, 0.3) is 10.9 Å². The molecule has 1 fully saturated rings. The third-order valence-corrected chi connectivity index (χ3v) is 3.52. The Morgan fingerprint density at radius 1 is 1.44 bits per heavy atom. The second kappa shape index (κ2) is 3.59. The average Bonchev–Trinajstić information content (AvgIpc) is 2.63. The normalized spacial score (nSPS) is 15.2. The molecule has 1 aromatic heterocycles. The van der Waals surface area contributed by atoms with E-state index in [-0.39, 0.29) is 5.91 Å². The lowest BCUT2D eigenvalue weighted by Crippen LogP contribution is -2.42. The van der Waals surface area contributed by atoms with Crippen LogP contribution in [0.5, 0.6) is 0 Å². The van der Waals surface area contributed by atoms with Crippen molar-refractivity contribution in [2.45, 2.75) is 6.42 Å². The minimum Gasteiger partial charge on any atom is -0.339 e. The summed E-state index contributed by atoms with van der Waals surface area (Å²) in [7, 11) is 0. The van der Waals surface area contributed by atoms with Gasteiger partial charge in [-0.15, -0.1) is 0 Å². The van der Waals surface area contributed by atoms with Gasteiger partial charge in [0.05, 0.1) is 11.7 Å². The van der Waals surface area contributed by atoms with Gasteiger partial charge in [0.25, 0.3) is 5.91 Å². The quantitative estimate of drug-likeness (QED) is 0.870. The monoisotopic (exact) mass is 279 g/mol. The zero-order chi connectivity index (χ0) is 11.1. The van der Waals surface area contributed by atoms with Crippen LogP contribution in [0.4, 0.5) is 0 Å². The molecule has 0 unspecified atom stereocenters. The second-order valence-corrected chi connectivity index (χ2v) is 4.79. The Morgan fingerprint density at radius 2 is 2.25 bits per heavy atom. The van der Waals surface area contributed by atoms with Gasteiger partial charge in [-0.25, -0.2) is 0 Å². The van der Waals surface area contributed by atoms with Gasteiger partial charge in [-0.2, -0.15) is 5.10 Å². The molecule has 5 heteroatoms. The summed E-state index contributed by atoms with van der Waals surface area (Å²) in [4.78, 5) is 13.9. The molecule has 1 aliphatic rings. The van der Waals surface area contributed by atoms with E-state index in [4.69, 9.17) is 0 Å². The number of hydrogen-bond acceptors (Lipinski definition) is 2. The highest BCUT2D eigenvalue weighted by Crippen LogP contribution is 2.25. The number of carbonyl (C=O) groups excluding carboxylic acids is 1. The SMILES string of the molecule is O=C(c1cc(Br)c2[nH]ncc2c1)N1CCC1. The number of likely N-dealkylation sites (tertiary alicyclic amines) is 1. The number of aromatic amines is 1. The maximum atomic E-state index is 12.0. The molecule has 1 aromatic carbocycles. The molecule has 1 aliphatic heterocycles. The maximum absolute atomic E-state index is 12.0. The van der Waals surface area contributed by atoms with Crippen LogP contribution in [0.1, 0.15) is 16.8 Å². The largest absolute Gasteiger partial charge is 0.339 e. The first-order valence-electron chi connectivity index (χ1n) is 5.17. The number of rotatable bonds is 1. The van der Waals surface area contributed by atoms with Crippen LogP contribution in [-0.2, 0) is 0 Å². The summed E-state index contributed by atoms with van der Waals surface area (Å²) < 4.78 is 0.881. The Kier molecular flexibility index (Phi) is 2.21. The predicted molar refractivity (Wildman–Crippen MR) is 64.3 cm³/mol. The topological polar surface area (TPSA) is 49.0 Å². The first-order valence-corrected chi connectivity index (χ1v) is 5.97. The number of aromatic nitrogens is 2. The van der Waals surface area contributed by atoms with Gasteiger partial charge in [-0.05, 0) is 34.5 Å². The van der Waals surface area contributed by atoms with Crippen LogP contribution < -0.4 is 0 Å². The number of amides is 1. The minimum atomic E-state index is 0.107. The van der Waals surface area contributed by atoms with Gasteiger partial charge in [-0.3, -0.25) is 9.89 Å². The molecule has 0 radical (unpaired) electrons. The first-order chi connectivity index (χ1) is 7.75. The zero-order valence-corrected chi connectivity index (χ0v) is 10.1. The van der Waals surface area contributed by atoms with Crippen molar-refractivity contribution in [2.24, 2.45) is 0 Å². The van der Waals surface area contributed by atoms with E-state index < -0.39 is 0 Å². The fraction of sp³-hybridized carbons (Fsp3) is 0.273. The highest BCUT2D eigenvalue weighted by atomic mass is 79.9. The van der Waals surface area contributed by atoms with Gasteiger partial charge in [-0.1, -0.05) is 0 Å². The molecule has 2 aromatic rings. The standard InChI is InChI=1S/C11H10BrN3O/c12-9-5-7(11(16)15-2-1-3-15)4-8-6-13-14-10(8)9/h4-6H,1-3H2,(H,13,14). The van der Waals surface area contributed by atoms with E-state index in [1.807, 2.05) is 17.0 Å². The predicted octanol–water partition coefficient (Wildman–Crippen LogP) is 2.17. The Hall–Kier alpha value is -1.36. The van der Waals surface area contributed by atoms with Gasteiger partial charge in [0.1, 0.15) is 0 Å². The van der Waals surface area contributed by atoms with E-state index in [9.17, 15) is 4.79 Å². The Bertz CT molecular complexity index is 559. The summed E-state index contributed by atoms with van der Waals surface area (Å²) in [6.45, 7) is 1.75. The van der Waals surface area contributed by atoms with Gasteiger partial charge in [0.15, 0.2) is 0 Å². The van der Waals surface area contributed by atoms with Crippen molar-refractivity contribution >= 4 is 32.7 Å². The Labute approximate surface area is 101 Å². The highest BCUT2D eigenvalue weighted by Gasteiger charge is 2.22. The summed E-state index contributed by atoms with van der Waals surface area (Å²) in [6.07, 6.45) is 2.84. The molecular formula is C11H10BrN3O. The molecule has 16 heavy (non-hydrogen) atoms. The van der Waals surface area contributed by atoms with Crippen molar-refractivity contribution in [3.8, 4) is 0 Å². The molecule has 1 N–H and O–H groups in total. The molecular weight excluding hydrogens is 270 g/mol. The van der Waals surface area contributed by atoms with Crippen LogP contribution in [0.3, 0.4) is 0 Å². The molecule has 0 aliphatic carbocycles. The summed E-state index contributed by atoms with van der Waals surface area (Å²) in [5, 5.41) is 7.81. The van der Waals surface area contributed by atoms with E-state index in [0.29, 0.717) is 0 Å². The minimum absolute atomic E-state index is 0.107. The lowest BCUT2D eigenvalue weighted by atomic mass is 10.1. The first kappa shape index (κ1) is 9.84. The molecule has 3 rings (SSSR count). The number of fused-ring (bicyclic) bond motifs is 1. The van der Waals surface area contributed by atoms with E-state index in [1.54, 1.807) is 6.20 Å². The Balaban J connectivity index is 2.06. The van der Waals surface area contributed by atoms with Gasteiger partial charge in [0.2, 0.25) is 0 Å². The van der Waals surface area contributed by atoms with Crippen molar-refractivity contribution in [1.82, 2.24) is 15.1 Å². The molecule has 4 nitrogen and oxygen atoms in total. The molecule has 82 valence electrons. The summed E-state index contributed by atoms with van der Waals surface area (Å²) in [5.74, 6) is 0.107. The lowest BCUT2D eigenvalue weighted by molar-refractivity contribution is 0.0652. The number of nitrogens with zero attached hydrogens (tertiary/aromatic N) is 2. The molecule has 0 bridgehead atoms. The van der Waals surface area contributed by atoms with Crippen molar-refractivity contribution in [3.05, 3.63) is 28.4 Å². The van der Waals surface area contributed by atoms with E-state index in [1.165, 1.54) is 0 Å². The van der Waals surface area contributed by atoms with Gasteiger partial charge >= 0.3 is 0 Å². The number of hydrogen-bond donors (Lipinski definition) is 1. The number of H-pyrrole nitrogens is 1. The van der Waals surface area contributed by atoms with Crippen LogP contribution in [0.15, 0.2) is 22.8 Å². The van der Waals surface area contributed by atoms with Crippen LogP contribution >= 0.6 is 15.9 Å². The smallest absolute Gasteiger partial charge is 0.253 e. The number of halogens is 1.